The van der Waals surface area contributed by atoms with E-state index in [0.717, 1.165) is 48.4 Å². The van der Waals surface area contributed by atoms with Gasteiger partial charge in [0.1, 0.15) is 17.1 Å². The number of carbonyl (C=O) groups excluding carboxylic acids is 2. The first-order chi connectivity index (χ1) is 23.0. The third-order valence-corrected chi connectivity index (χ3v) is 9.00. The number of piperidine rings is 1. The normalized spacial score (nSPS) is 15.9. The molecule has 1 aliphatic heterocycles. The first kappa shape index (κ1) is 35.0. The molecule has 0 radical (unpaired) electrons. The molecule has 48 heavy (non-hydrogen) atoms. The highest BCUT2D eigenvalue weighted by molar-refractivity contribution is 5.95. The molecule has 0 saturated carbocycles. The standard InChI is InChI=1S/C38H50N4O6/c1-38(2,3)48-37(45)41-17-15-30(16-18-41)40-31-12-8-11-28(19-31)36(44)39-23-33(43)25-42(32-20-26-9-6-7-10-27(26)21-32)24-29-13-14-34(46-4)22-35(29)47-5/h6-14,19,22,30,32-33,40,43H,15-18,20-21,23-25H2,1-5H3,(H,39,44)/t33-/m1/s1. The van der Waals surface area contributed by atoms with Gasteiger partial charge in [-0.1, -0.05) is 36.4 Å². The third-order valence-electron chi connectivity index (χ3n) is 9.00. The molecule has 1 heterocycles. The number of fused-ring (bicyclic) bond motifs is 1. The molecule has 0 aromatic heterocycles. The molecule has 1 fully saturated rings. The van der Waals surface area contributed by atoms with Crippen molar-refractivity contribution < 1.29 is 28.9 Å². The SMILES string of the molecule is COc1ccc(CN(C[C@H](O)CNC(=O)c2cccc(NC3CCN(C(=O)OC(C)(C)C)CC3)c2)C2Cc3ccccc3C2)c(OC)c1. The summed E-state index contributed by atoms with van der Waals surface area (Å²) < 4.78 is 16.6. The summed E-state index contributed by atoms with van der Waals surface area (Å²) in [6, 6.07) is 22.1. The lowest BCUT2D eigenvalue weighted by molar-refractivity contribution is 0.0210. The Morgan fingerprint density at radius 1 is 0.958 bits per heavy atom. The van der Waals surface area contributed by atoms with E-state index in [4.69, 9.17) is 14.2 Å². The molecular weight excluding hydrogens is 608 g/mol. The van der Waals surface area contributed by atoms with Crippen LogP contribution in [0.1, 0.15) is 60.7 Å². The van der Waals surface area contributed by atoms with E-state index in [0.29, 0.717) is 31.7 Å². The van der Waals surface area contributed by atoms with Crippen LogP contribution in [0.5, 0.6) is 11.5 Å². The number of hydrogen-bond acceptors (Lipinski definition) is 8. The van der Waals surface area contributed by atoms with Gasteiger partial charge in [-0.25, -0.2) is 4.79 Å². The van der Waals surface area contributed by atoms with Crippen molar-refractivity contribution in [2.75, 3.05) is 45.7 Å². The highest BCUT2D eigenvalue weighted by atomic mass is 16.6. The van der Waals surface area contributed by atoms with Gasteiger partial charge in [0.25, 0.3) is 5.91 Å². The number of rotatable bonds is 12. The fourth-order valence-corrected chi connectivity index (χ4v) is 6.50. The maximum absolute atomic E-state index is 13.2. The maximum atomic E-state index is 13.2. The van der Waals surface area contributed by atoms with Crippen LogP contribution in [0.4, 0.5) is 10.5 Å². The molecular formula is C38H50N4O6. The largest absolute Gasteiger partial charge is 0.497 e. The summed E-state index contributed by atoms with van der Waals surface area (Å²) in [6.45, 7) is 7.92. The summed E-state index contributed by atoms with van der Waals surface area (Å²) >= 11 is 0. The summed E-state index contributed by atoms with van der Waals surface area (Å²) in [7, 11) is 3.28. The molecule has 258 valence electrons. The second-order valence-electron chi connectivity index (χ2n) is 13.8. The van der Waals surface area contributed by atoms with Crippen LogP contribution in [0.25, 0.3) is 0 Å². The Balaban J connectivity index is 1.16. The number of hydrogen-bond donors (Lipinski definition) is 3. The number of carbonyl (C=O) groups is 2. The summed E-state index contributed by atoms with van der Waals surface area (Å²) in [6.07, 6.45) is 2.30. The van der Waals surface area contributed by atoms with Crippen LogP contribution in [0.2, 0.25) is 0 Å². The lowest BCUT2D eigenvalue weighted by Gasteiger charge is -2.34. The Labute approximate surface area is 284 Å². The van der Waals surface area contributed by atoms with Gasteiger partial charge in [-0.3, -0.25) is 9.69 Å². The predicted molar refractivity (Wildman–Crippen MR) is 187 cm³/mol. The van der Waals surface area contributed by atoms with Gasteiger partial charge < -0.3 is 34.9 Å². The second-order valence-corrected chi connectivity index (χ2v) is 13.8. The molecule has 10 heteroatoms. The molecule has 2 amide bonds. The van der Waals surface area contributed by atoms with Gasteiger partial charge in [-0.2, -0.15) is 0 Å². The van der Waals surface area contributed by atoms with E-state index in [9.17, 15) is 14.7 Å². The second kappa shape index (κ2) is 15.7. The van der Waals surface area contributed by atoms with Crippen LogP contribution in [0, 0.1) is 0 Å². The van der Waals surface area contributed by atoms with E-state index >= 15 is 0 Å². The average molecular weight is 659 g/mol. The Bertz CT molecular complexity index is 1520. The molecule has 5 rings (SSSR count). The average Bonchev–Trinajstić information content (AvgIpc) is 3.51. The minimum Gasteiger partial charge on any atom is -0.497 e. The Hall–Kier alpha value is -4.28. The summed E-state index contributed by atoms with van der Waals surface area (Å²) in [5.74, 6) is 1.22. The molecule has 0 bridgehead atoms. The van der Waals surface area contributed by atoms with Crippen molar-refractivity contribution in [1.82, 2.24) is 15.1 Å². The molecule has 1 saturated heterocycles. The predicted octanol–water partition coefficient (Wildman–Crippen LogP) is 5.28. The molecule has 2 aliphatic rings. The monoisotopic (exact) mass is 658 g/mol. The molecule has 1 atom stereocenters. The van der Waals surface area contributed by atoms with Crippen LogP contribution < -0.4 is 20.1 Å². The number of methoxy groups -OCH3 is 2. The van der Waals surface area contributed by atoms with Gasteiger partial charge in [0.15, 0.2) is 0 Å². The van der Waals surface area contributed by atoms with E-state index in [1.165, 1.54) is 11.1 Å². The van der Waals surface area contributed by atoms with Gasteiger partial charge in [-0.15, -0.1) is 0 Å². The summed E-state index contributed by atoms with van der Waals surface area (Å²) in [5.41, 5.74) is 4.52. The number of aliphatic hydroxyl groups excluding tert-OH is 1. The van der Waals surface area contributed by atoms with Gasteiger partial charge in [-0.05, 0) is 81.8 Å². The molecule has 3 aromatic rings. The smallest absolute Gasteiger partial charge is 0.410 e. The first-order valence-electron chi connectivity index (χ1n) is 16.8. The first-order valence-corrected chi connectivity index (χ1v) is 16.8. The van der Waals surface area contributed by atoms with E-state index in [1.54, 1.807) is 25.2 Å². The zero-order chi connectivity index (χ0) is 34.3. The molecule has 1 aliphatic carbocycles. The van der Waals surface area contributed by atoms with Crippen molar-refractivity contribution in [2.24, 2.45) is 0 Å². The minimum atomic E-state index is -0.779. The number of aliphatic hydroxyl groups is 1. The number of anilines is 1. The molecule has 10 nitrogen and oxygen atoms in total. The number of ether oxygens (including phenoxy) is 3. The Morgan fingerprint density at radius 2 is 1.67 bits per heavy atom. The Morgan fingerprint density at radius 3 is 2.31 bits per heavy atom. The maximum Gasteiger partial charge on any atom is 0.410 e. The number of benzene rings is 3. The molecule has 3 N–H and O–H groups in total. The van der Waals surface area contributed by atoms with Gasteiger partial charge in [0.05, 0.1) is 20.3 Å². The van der Waals surface area contributed by atoms with Gasteiger partial charge in [0.2, 0.25) is 0 Å². The highest BCUT2D eigenvalue weighted by Gasteiger charge is 2.30. The van der Waals surface area contributed by atoms with E-state index in [2.05, 4.69) is 39.8 Å². The van der Waals surface area contributed by atoms with E-state index < -0.39 is 11.7 Å². The van der Waals surface area contributed by atoms with Gasteiger partial charge in [0, 0.05) is 67.7 Å². The van der Waals surface area contributed by atoms with Crippen LogP contribution in [-0.2, 0) is 24.1 Å². The fraction of sp³-hybridized carbons (Fsp3) is 0.474. The quantitative estimate of drug-likeness (QED) is 0.241. The molecule has 3 aromatic carbocycles. The van der Waals surface area contributed by atoms with Crippen molar-refractivity contribution in [1.29, 1.82) is 0 Å². The summed E-state index contributed by atoms with van der Waals surface area (Å²) in [5, 5.41) is 17.7. The zero-order valence-corrected chi connectivity index (χ0v) is 28.8. The Kier molecular flexibility index (Phi) is 11.5. The van der Waals surface area contributed by atoms with Crippen molar-refractivity contribution >= 4 is 17.7 Å². The van der Waals surface area contributed by atoms with Gasteiger partial charge >= 0.3 is 6.09 Å². The van der Waals surface area contributed by atoms with Crippen LogP contribution >= 0.6 is 0 Å². The highest BCUT2D eigenvalue weighted by Crippen LogP contribution is 2.30. The summed E-state index contributed by atoms with van der Waals surface area (Å²) in [4.78, 5) is 29.7. The van der Waals surface area contributed by atoms with Crippen molar-refractivity contribution in [3.63, 3.8) is 0 Å². The lowest BCUT2D eigenvalue weighted by Crippen LogP contribution is -2.44. The van der Waals surface area contributed by atoms with Crippen molar-refractivity contribution in [2.45, 2.75) is 76.8 Å². The minimum absolute atomic E-state index is 0.121. The van der Waals surface area contributed by atoms with E-state index in [-0.39, 0.29) is 30.6 Å². The number of nitrogens with zero attached hydrogens (tertiary/aromatic N) is 2. The molecule has 0 unspecified atom stereocenters. The van der Waals surface area contributed by atoms with Crippen LogP contribution in [0.15, 0.2) is 66.7 Å². The lowest BCUT2D eigenvalue weighted by atomic mass is 10.0. The van der Waals surface area contributed by atoms with Crippen molar-refractivity contribution in [3.8, 4) is 11.5 Å². The fourth-order valence-electron chi connectivity index (χ4n) is 6.50. The number of nitrogens with one attached hydrogen (secondary N) is 2. The van der Waals surface area contributed by atoms with E-state index in [1.807, 2.05) is 57.2 Å². The van der Waals surface area contributed by atoms with Crippen LogP contribution in [-0.4, -0.2) is 91.1 Å². The zero-order valence-electron chi connectivity index (χ0n) is 28.8. The van der Waals surface area contributed by atoms with Crippen molar-refractivity contribution in [3.05, 3.63) is 89.0 Å². The van der Waals surface area contributed by atoms with Crippen LogP contribution in [0.3, 0.4) is 0 Å². The number of likely N-dealkylation sites (tertiary alicyclic amines) is 1. The topological polar surface area (TPSA) is 113 Å². The third kappa shape index (κ3) is 9.41. The number of amides is 2. The molecule has 0 spiro atoms.